The molecule has 1 aliphatic carbocycles. The summed E-state index contributed by atoms with van der Waals surface area (Å²) < 4.78 is 0. The van der Waals surface area contributed by atoms with Gasteiger partial charge in [-0.1, -0.05) is 11.6 Å². The summed E-state index contributed by atoms with van der Waals surface area (Å²) in [5.41, 5.74) is 3.18. The van der Waals surface area contributed by atoms with Crippen molar-refractivity contribution in [2.24, 2.45) is 0 Å². The number of allylic oxidation sites excluding steroid dienone is 1. The first kappa shape index (κ1) is 11.3. The normalized spacial score (nSPS) is 15.6. The molecule has 0 aliphatic heterocycles. The van der Waals surface area contributed by atoms with Gasteiger partial charge in [-0.15, -0.1) is 11.3 Å². The lowest BCUT2D eigenvalue weighted by molar-refractivity contribution is 0.0958. The molecule has 0 saturated heterocycles. The summed E-state index contributed by atoms with van der Waals surface area (Å²) in [5.74, 6) is -0.00101. The molecule has 2 rings (SSSR count). The fourth-order valence-electron chi connectivity index (χ4n) is 1.88. The number of amides is 1. The standard InChI is InChI=1S/C12H16N2OS/c15-12(11-8-13-9-16-11)14-7-6-10-4-2-1-3-5-10/h4,8-9H,1-3,5-7H2,(H,14,15). The van der Waals surface area contributed by atoms with E-state index in [0.717, 1.165) is 13.0 Å². The molecule has 1 aromatic heterocycles. The number of nitrogens with one attached hydrogen (secondary N) is 1. The van der Waals surface area contributed by atoms with Crippen molar-refractivity contribution in [2.45, 2.75) is 32.1 Å². The second kappa shape index (κ2) is 5.80. The van der Waals surface area contributed by atoms with E-state index in [1.54, 1.807) is 11.7 Å². The molecule has 0 unspecified atom stereocenters. The highest BCUT2D eigenvalue weighted by atomic mass is 32.1. The lowest BCUT2D eigenvalue weighted by Gasteiger charge is -2.12. The average molecular weight is 236 g/mol. The van der Waals surface area contributed by atoms with Crippen molar-refractivity contribution in [3.8, 4) is 0 Å². The minimum Gasteiger partial charge on any atom is -0.351 e. The monoisotopic (exact) mass is 236 g/mol. The summed E-state index contributed by atoms with van der Waals surface area (Å²) in [4.78, 5) is 16.2. The third kappa shape index (κ3) is 3.17. The number of nitrogens with zero attached hydrogens (tertiary/aromatic N) is 1. The SMILES string of the molecule is O=C(NCCC1=CCCCC1)c1cncs1. The minimum atomic E-state index is -0.00101. The van der Waals surface area contributed by atoms with E-state index in [1.165, 1.54) is 42.6 Å². The Morgan fingerprint density at radius 2 is 2.44 bits per heavy atom. The summed E-state index contributed by atoms with van der Waals surface area (Å²) in [7, 11) is 0. The second-order valence-corrected chi connectivity index (χ2v) is 4.87. The number of hydrogen-bond donors (Lipinski definition) is 1. The van der Waals surface area contributed by atoms with Gasteiger partial charge >= 0.3 is 0 Å². The van der Waals surface area contributed by atoms with E-state index < -0.39 is 0 Å². The largest absolute Gasteiger partial charge is 0.351 e. The van der Waals surface area contributed by atoms with Crippen molar-refractivity contribution in [2.75, 3.05) is 6.54 Å². The van der Waals surface area contributed by atoms with Crippen LogP contribution in [-0.2, 0) is 0 Å². The molecule has 16 heavy (non-hydrogen) atoms. The van der Waals surface area contributed by atoms with Gasteiger partial charge in [0.1, 0.15) is 4.88 Å². The Bertz CT molecular complexity index is 370. The Balaban J connectivity index is 1.72. The fraction of sp³-hybridized carbons (Fsp3) is 0.500. The summed E-state index contributed by atoms with van der Waals surface area (Å²) in [6, 6.07) is 0. The highest BCUT2D eigenvalue weighted by Gasteiger charge is 2.07. The summed E-state index contributed by atoms with van der Waals surface area (Å²) in [6.07, 6.45) is 9.95. The Morgan fingerprint density at radius 1 is 1.50 bits per heavy atom. The van der Waals surface area contributed by atoms with Crippen LogP contribution >= 0.6 is 11.3 Å². The van der Waals surface area contributed by atoms with E-state index in [9.17, 15) is 4.79 Å². The van der Waals surface area contributed by atoms with Gasteiger partial charge < -0.3 is 5.32 Å². The van der Waals surface area contributed by atoms with Gasteiger partial charge in [0, 0.05) is 6.54 Å². The molecule has 0 aromatic carbocycles. The van der Waals surface area contributed by atoms with E-state index in [0.29, 0.717) is 4.88 Å². The quantitative estimate of drug-likeness (QED) is 0.817. The molecule has 3 nitrogen and oxygen atoms in total. The molecule has 0 fully saturated rings. The Labute approximate surface area is 99.6 Å². The van der Waals surface area contributed by atoms with E-state index in [4.69, 9.17) is 0 Å². The molecule has 86 valence electrons. The summed E-state index contributed by atoms with van der Waals surface area (Å²) in [6.45, 7) is 0.739. The molecule has 0 bridgehead atoms. The van der Waals surface area contributed by atoms with Gasteiger partial charge in [-0.3, -0.25) is 9.78 Å². The maximum Gasteiger partial charge on any atom is 0.263 e. The zero-order valence-electron chi connectivity index (χ0n) is 9.24. The van der Waals surface area contributed by atoms with Crippen LogP contribution in [0.2, 0.25) is 0 Å². The number of carbonyl (C=O) groups excluding carboxylic acids is 1. The minimum absolute atomic E-state index is 0.00101. The number of carbonyl (C=O) groups is 1. The molecular weight excluding hydrogens is 220 g/mol. The molecule has 1 N–H and O–H groups in total. The first-order valence-electron chi connectivity index (χ1n) is 5.71. The molecule has 1 aliphatic rings. The molecule has 1 amide bonds. The van der Waals surface area contributed by atoms with Gasteiger partial charge in [0.05, 0.1) is 11.7 Å². The van der Waals surface area contributed by atoms with Crippen LogP contribution in [0.1, 0.15) is 41.8 Å². The molecule has 1 aromatic rings. The first-order valence-corrected chi connectivity index (χ1v) is 6.59. The van der Waals surface area contributed by atoms with Crippen molar-refractivity contribution >= 4 is 17.2 Å². The zero-order chi connectivity index (χ0) is 11.2. The Kier molecular flexibility index (Phi) is 4.10. The van der Waals surface area contributed by atoms with E-state index in [-0.39, 0.29) is 5.91 Å². The maximum atomic E-state index is 11.6. The number of thiazole rings is 1. The van der Waals surface area contributed by atoms with Gasteiger partial charge in [-0.25, -0.2) is 0 Å². The van der Waals surface area contributed by atoms with Crippen LogP contribution in [0.5, 0.6) is 0 Å². The van der Waals surface area contributed by atoms with Crippen LogP contribution < -0.4 is 5.32 Å². The third-order valence-electron chi connectivity index (χ3n) is 2.77. The number of aromatic nitrogens is 1. The highest BCUT2D eigenvalue weighted by Crippen LogP contribution is 2.19. The third-order valence-corrected chi connectivity index (χ3v) is 3.54. The van der Waals surface area contributed by atoms with Gasteiger partial charge in [0.15, 0.2) is 0 Å². The highest BCUT2D eigenvalue weighted by molar-refractivity contribution is 7.11. The van der Waals surface area contributed by atoms with Gasteiger partial charge in [0.2, 0.25) is 0 Å². The first-order chi connectivity index (χ1) is 7.86. The van der Waals surface area contributed by atoms with Crippen LogP contribution in [0.15, 0.2) is 23.4 Å². The Morgan fingerprint density at radius 3 is 3.12 bits per heavy atom. The van der Waals surface area contributed by atoms with Crippen molar-refractivity contribution in [1.29, 1.82) is 0 Å². The fourth-order valence-corrected chi connectivity index (χ4v) is 2.42. The van der Waals surface area contributed by atoms with Crippen molar-refractivity contribution in [1.82, 2.24) is 10.3 Å². The molecular formula is C12H16N2OS. The molecule has 0 atom stereocenters. The van der Waals surface area contributed by atoms with Gasteiger partial charge in [-0.2, -0.15) is 0 Å². The maximum absolute atomic E-state index is 11.6. The van der Waals surface area contributed by atoms with Crippen LogP contribution in [0.25, 0.3) is 0 Å². The smallest absolute Gasteiger partial charge is 0.263 e. The second-order valence-electron chi connectivity index (χ2n) is 3.98. The Hall–Kier alpha value is -1.16. The summed E-state index contributed by atoms with van der Waals surface area (Å²) >= 11 is 1.38. The van der Waals surface area contributed by atoms with Crippen molar-refractivity contribution in [3.63, 3.8) is 0 Å². The average Bonchev–Trinajstić information content (AvgIpc) is 2.84. The van der Waals surface area contributed by atoms with Crippen molar-refractivity contribution < 1.29 is 4.79 Å². The van der Waals surface area contributed by atoms with E-state index in [2.05, 4.69) is 16.4 Å². The molecule has 0 radical (unpaired) electrons. The van der Waals surface area contributed by atoms with E-state index in [1.807, 2.05) is 0 Å². The molecule has 0 spiro atoms. The molecule has 4 heteroatoms. The zero-order valence-corrected chi connectivity index (χ0v) is 10.1. The van der Waals surface area contributed by atoms with Crippen LogP contribution in [0.4, 0.5) is 0 Å². The molecule has 1 heterocycles. The number of rotatable bonds is 4. The van der Waals surface area contributed by atoms with Gasteiger partial charge in [-0.05, 0) is 32.1 Å². The number of hydrogen-bond acceptors (Lipinski definition) is 3. The van der Waals surface area contributed by atoms with Crippen LogP contribution in [0, 0.1) is 0 Å². The predicted octanol–water partition coefficient (Wildman–Crippen LogP) is 2.76. The van der Waals surface area contributed by atoms with Crippen LogP contribution in [0.3, 0.4) is 0 Å². The lowest BCUT2D eigenvalue weighted by Crippen LogP contribution is -2.24. The lowest BCUT2D eigenvalue weighted by atomic mass is 9.97. The summed E-state index contributed by atoms with van der Waals surface area (Å²) in [5, 5.41) is 2.92. The molecule has 0 saturated carbocycles. The van der Waals surface area contributed by atoms with Gasteiger partial charge in [0.25, 0.3) is 5.91 Å². The van der Waals surface area contributed by atoms with Crippen molar-refractivity contribution in [3.05, 3.63) is 28.2 Å². The topological polar surface area (TPSA) is 42.0 Å². The van der Waals surface area contributed by atoms with Crippen LogP contribution in [-0.4, -0.2) is 17.4 Å². The van der Waals surface area contributed by atoms with E-state index >= 15 is 0 Å². The predicted molar refractivity (Wildman–Crippen MR) is 65.6 cm³/mol.